The molecule has 1 fully saturated rings. The van der Waals surface area contributed by atoms with Gasteiger partial charge in [0.15, 0.2) is 5.82 Å². The fraction of sp³-hybridized carbons (Fsp3) is 0.375. The maximum absolute atomic E-state index is 14.5. The zero-order valence-corrected chi connectivity index (χ0v) is 14.4. The molecule has 3 heterocycles. The molecule has 0 radical (unpaired) electrons. The molecule has 1 saturated heterocycles. The van der Waals surface area contributed by atoms with Crippen molar-refractivity contribution in [1.82, 2.24) is 9.97 Å². The van der Waals surface area contributed by atoms with Gasteiger partial charge in [-0.3, -0.25) is 0 Å². The van der Waals surface area contributed by atoms with Crippen LogP contribution in [-0.2, 0) is 9.31 Å². The highest BCUT2D eigenvalue weighted by molar-refractivity contribution is 7.16. The molecule has 0 N–H and O–H groups in total. The maximum Gasteiger partial charge on any atom is 0.525 e. The summed E-state index contributed by atoms with van der Waals surface area (Å²) in [5, 5.41) is 0. The lowest BCUT2D eigenvalue weighted by Crippen LogP contribution is -2.41. The Morgan fingerprint density at radius 1 is 1.13 bits per heavy atom. The average molecular weight is 332 g/mol. The Labute approximate surface area is 139 Å². The van der Waals surface area contributed by atoms with Crippen LogP contribution < -0.4 is 0 Å². The van der Waals surface area contributed by atoms with Crippen LogP contribution in [0.3, 0.4) is 0 Å². The van der Waals surface area contributed by atoms with Gasteiger partial charge in [-0.1, -0.05) is 0 Å². The predicted molar refractivity (Wildman–Crippen MR) is 90.5 cm³/mol. The Morgan fingerprint density at radius 3 is 2.35 bits per heavy atom. The van der Waals surface area contributed by atoms with Crippen molar-refractivity contribution in [2.24, 2.45) is 0 Å². The number of nitrogens with zero attached hydrogens (tertiary/aromatic N) is 2. The summed E-state index contributed by atoms with van der Waals surface area (Å²) in [7, 11) is -0.974. The molecule has 0 spiro atoms. The van der Waals surface area contributed by atoms with E-state index in [0.29, 0.717) is 5.82 Å². The van der Waals surface area contributed by atoms with Crippen molar-refractivity contribution >= 4 is 24.5 Å². The van der Waals surface area contributed by atoms with Crippen LogP contribution in [0.1, 0.15) is 32.6 Å². The standard InChI is InChI=1S/C16H18BFN2O2S/c1-15(2)16(3,4)22-17(21-15)13(18)10-11-6-7-12(23-11)14-19-8-5-9-20-14/h5-10H,1-4H3. The van der Waals surface area contributed by atoms with Crippen LogP contribution in [0.25, 0.3) is 16.8 Å². The van der Waals surface area contributed by atoms with Gasteiger partial charge in [0.05, 0.1) is 16.1 Å². The largest absolute Gasteiger partial charge is 0.525 e. The number of halogens is 1. The van der Waals surface area contributed by atoms with Gasteiger partial charge < -0.3 is 9.31 Å². The highest BCUT2D eigenvalue weighted by Crippen LogP contribution is 2.39. The van der Waals surface area contributed by atoms with Crippen LogP contribution in [0.15, 0.2) is 36.3 Å². The Hall–Kier alpha value is -1.57. The van der Waals surface area contributed by atoms with E-state index in [1.54, 1.807) is 18.5 Å². The lowest BCUT2D eigenvalue weighted by Gasteiger charge is -2.32. The van der Waals surface area contributed by atoms with E-state index in [1.807, 2.05) is 39.8 Å². The highest BCUT2D eigenvalue weighted by Gasteiger charge is 2.53. The summed E-state index contributed by atoms with van der Waals surface area (Å²) in [5.74, 6) is 0.633. The first-order valence-electron chi connectivity index (χ1n) is 7.38. The molecule has 2 aromatic heterocycles. The molecule has 1 aliphatic heterocycles. The zero-order chi connectivity index (χ0) is 16.7. The summed E-state index contributed by atoms with van der Waals surface area (Å²) < 4.78 is 25.9. The average Bonchev–Trinajstić information content (AvgIpc) is 3.03. The van der Waals surface area contributed by atoms with Crippen LogP contribution in [0.4, 0.5) is 4.39 Å². The molecular formula is C16H18BFN2O2S. The van der Waals surface area contributed by atoms with Gasteiger partial charge in [-0.2, -0.15) is 0 Å². The van der Waals surface area contributed by atoms with E-state index < -0.39 is 24.0 Å². The molecule has 0 saturated carbocycles. The van der Waals surface area contributed by atoms with Crippen LogP contribution in [0.2, 0.25) is 0 Å². The molecule has 23 heavy (non-hydrogen) atoms. The fourth-order valence-electron chi connectivity index (χ4n) is 2.14. The molecule has 0 amide bonds. The second kappa shape index (κ2) is 5.81. The molecule has 0 bridgehead atoms. The van der Waals surface area contributed by atoms with Crippen molar-refractivity contribution in [1.29, 1.82) is 0 Å². The molecule has 3 rings (SSSR count). The number of hydrogen-bond acceptors (Lipinski definition) is 5. The molecule has 4 nitrogen and oxygen atoms in total. The molecule has 7 heteroatoms. The Morgan fingerprint density at radius 2 is 1.74 bits per heavy atom. The van der Waals surface area contributed by atoms with Gasteiger partial charge in [-0.15, -0.1) is 11.3 Å². The maximum atomic E-state index is 14.5. The van der Waals surface area contributed by atoms with Crippen molar-refractivity contribution < 1.29 is 13.7 Å². The Balaban J connectivity index is 1.79. The van der Waals surface area contributed by atoms with E-state index in [9.17, 15) is 4.39 Å². The minimum atomic E-state index is -0.974. The normalized spacial score (nSPS) is 20.0. The lowest BCUT2D eigenvalue weighted by molar-refractivity contribution is 0.00578. The molecular weight excluding hydrogens is 314 g/mol. The van der Waals surface area contributed by atoms with Crippen molar-refractivity contribution in [2.45, 2.75) is 38.9 Å². The summed E-state index contributed by atoms with van der Waals surface area (Å²) in [6, 6.07) is 5.47. The summed E-state index contributed by atoms with van der Waals surface area (Å²) in [5.41, 5.74) is -1.55. The predicted octanol–water partition coefficient (Wildman–Crippen LogP) is 4.15. The van der Waals surface area contributed by atoms with Gasteiger partial charge >= 0.3 is 7.12 Å². The smallest absolute Gasteiger partial charge is 0.398 e. The number of aromatic nitrogens is 2. The van der Waals surface area contributed by atoms with Gasteiger partial charge in [0.25, 0.3) is 0 Å². The summed E-state index contributed by atoms with van der Waals surface area (Å²) in [4.78, 5) is 10.0. The molecule has 0 atom stereocenters. The fourth-order valence-corrected chi connectivity index (χ4v) is 3.03. The van der Waals surface area contributed by atoms with Gasteiger partial charge in [-0.25, -0.2) is 14.4 Å². The van der Waals surface area contributed by atoms with E-state index in [4.69, 9.17) is 9.31 Å². The van der Waals surface area contributed by atoms with Crippen molar-refractivity contribution in [3.05, 3.63) is 41.2 Å². The summed E-state index contributed by atoms with van der Waals surface area (Å²) >= 11 is 1.42. The van der Waals surface area contributed by atoms with Gasteiger partial charge in [-0.05, 0) is 52.0 Å². The Kier molecular flexibility index (Phi) is 4.12. The first-order chi connectivity index (χ1) is 10.8. The highest BCUT2D eigenvalue weighted by atomic mass is 32.1. The quantitative estimate of drug-likeness (QED) is 0.792. The summed E-state index contributed by atoms with van der Waals surface area (Å²) in [6.07, 6.45) is 4.81. The topological polar surface area (TPSA) is 44.2 Å². The lowest BCUT2D eigenvalue weighted by atomic mass is 9.87. The molecule has 120 valence electrons. The molecule has 1 aliphatic rings. The summed E-state index contributed by atoms with van der Waals surface area (Å²) in [6.45, 7) is 7.60. The minimum Gasteiger partial charge on any atom is -0.398 e. The third-order valence-electron chi connectivity index (χ3n) is 4.17. The van der Waals surface area contributed by atoms with E-state index in [0.717, 1.165) is 9.75 Å². The van der Waals surface area contributed by atoms with Crippen molar-refractivity contribution in [3.63, 3.8) is 0 Å². The number of thiophene rings is 1. The van der Waals surface area contributed by atoms with Gasteiger partial charge in [0.1, 0.15) is 5.73 Å². The van der Waals surface area contributed by atoms with E-state index in [2.05, 4.69) is 9.97 Å². The van der Waals surface area contributed by atoms with Crippen molar-refractivity contribution in [2.75, 3.05) is 0 Å². The van der Waals surface area contributed by atoms with Crippen LogP contribution in [0.5, 0.6) is 0 Å². The SMILES string of the molecule is CC1(C)OB(C(F)=Cc2ccc(-c3ncccn3)s2)OC1(C)C. The molecule has 0 aliphatic carbocycles. The first-order valence-corrected chi connectivity index (χ1v) is 8.20. The molecule has 0 aromatic carbocycles. The second-order valence-corrected chi connectivity index (χ2v) is 7.51. The second-order valence-electron chi connectivity index (χ2n) is 6.39. The van der Waals surface area contributed by atoms with Crippen LogP contribution >= 0.6 is 11.3 Å². The van der Waals surface area contributed by atoms with Crippen LogP contribution in [-0.4, -0.2) is 28.3 Å². The number of hydrogen-bond donors (Lipinski definition) is 0. The Bertz CT molecular complexity index is 715. The zero-order valence-electron chi connectivity index (χ0n) is 13.5. The first kappa shape index (κ1) is 16.3. The van der Waals surface area contributed by atoms with Gasteiger partial charge in [0, 0.05) is 17.3 Å². The third-order valence-corrected chi connectivity index (χ3v) is 5.20. The third kappa shape index (κ3) is 3.22. The molecule has 2 aromatic rings. The van der Waals surface area contributed by atoms with Crippen molar-refractivity contribution in [3.8, 4) is 10.7 Å². The minimum absolute atomic E-state index is 0.439. The van der Waals surface area contributed by atoms with E-state index in [-0.39, 0.29) is 0 Å². The van der Waals surface area contributed by atoms with E-state index in [1.165, 1.54) is 17.4 Å². The van der Waals surface area contributed by atoms with Crippen LogP contribution in [0, 0.1) is 0 Å². The van der Waals surface area contributed by atoms with E-state index >= 15 is 0 Å². The molecule has 0 unspecified atom stereocenters. The van der Waals surface area contributed by atoms with Gasteiger partial charge in [0.2, 0.25) is 0 Å². The number of rotatable bonds is 3. The monoisotopic (exact) mass is 332 g/mol.